The van der Waals surface area contributed by atoms with E-state index < -0.39 is 10.0 Å². The lowest BCUT2D eigenvalue weighted by atomic mass is 10.1. The Balaban J connectivity index is 1.44. The van der Waals surface area contributed by atoms with E-state index in [-0.39, 0.29) is 22.9 Å². The van der Waals surface area contributed by atoms with Crippen LogP contribution >= 0.6 is 0 Å². The first-order valence-electron chi connectivity index (χ1n) is 11.2. The number of nitrogens with one attached hydrogen (secondary N) is 3. The van der Waals surface area contributed by atoms with Crippen molar-refractivity contribution in [2.24, 2.45) is 0 Å². The molecule has 2 heterocycles. The smallest absolute Gasteiger partial charge is 0.242 e. The van der Waals surface area contributed by atoms with Crippen molar-refractivity contribution in [3.8, 4) is 0 Å². The zero-order chi connectivity index (χ0) is 23.0. The monoisotopic (exact) mass is 459 g/mol. The highest BCUT2D eigenvalue weighted by Crippen LogP contribution is 2.17. The first kappa shape index (κ1) is 24.2. The Morgan fingerprint density at radius 2 is 1.88 bits per heavy atom. The zero-order valence-corrected chi connectivity index (χ0v) is 19.6. The van der Waals surface area contributed by atoms with Gasteiger partial charge in [-0.3, -0.25) is 9.69 Å². The van der Waals surface area contributed by atoms with Crippen molar-refractivity contribution in [2.75, 3.05) is 30.3 Å². The number of carbonyl (C=O) groups excluding carboxylic acids is 1. The number of carbonyl (C=O) groups is 1. The highest BCUT2D eigenvalue weighted by atomic mass is 32.2. The number of anilines is 2. The van der Waals surface area contributed by atoms with E-state index in [1.807, 2.05) is 44.2 Å². The number of likely N-dealkylation sites (tertiary alicyclic amines) is 1. The average molecular weight is 460 g/mol. The van der Waals surface area contributed by atoms with Crippen LogP contribution in [0, 0.1) is 0 Å². The predicted octanol–water partition coefficient (Wildman–Crippen LogP) is 3.06. The van der Waals surface area contributed by atoms with Crippen LogP contribution in [0.15, 0.2) is 53.6 Å². The van der Waals surface area contributed by atoms with Crippen LogP contribution in [0.3, 0.4) is 0 Å². The summed E-state index contributed by atoms with van der Waals surface area (Å²) in [7, 11) is -3.56. The molecule has 0 aliphatic carbocycles. The number of pyridine rings is 1. The van der Waals surface area contributed by atoms with Gasteiger partial charge in [0.25, 0.3) is 0 Å². The van der Waals surface area contributed by atoms with Crippen LogP contribution in [0.1, 0.15) is 39.5 Å². The van der Waals surface area contributed by atoms with E-state index in [0.29, 0.717) is 12.4 Å². The lowest BCUT2D eigenvalue weighted by Crippen LogP contribution is -2.42. The van der Waals surface area contributed by atoms with Gasteiger partial charge in [-0.25, -0.2) is 18.1 Å². The molecular formula is C23H33N5O3S. The zero-order valence-electron chi connectivity index (χ0n) is 18.8. The Bertz CT molecular complexity index is 959. The van der Waals surface area contributed by atoms with E-state index in [4.69, 9.17) is 0 Å². The molecule has 2 aromatic rings. The molecule has 1 fully saturated rings. The van der Waals surface area contributed by atoms with Crippen molar-refractivity contribution in [2.45, 2.75) is 56.5 Å². The standard InChI is InChI=1S/C23H33N5O3S/c1-3-7-18(2)27-32(30,31)21-10-11-22(24-16-21)25-20-12-14-28(15-13-20)17-23(29)26-19-8-5-4-6-9-19/h4-6,8-11,16,18,20,27H,3,7,12-15,17H2,1-2H3,(H,24,25)(H,26,29). The van der Waals surface area contributed by atoms with Gasteiger partial charge in [0, 0.05) is 37.1 Å². The second-order valence-corrected chi connectivity index (χ2v) is 10.0. The first-order chi connectivity index (χ1) is 15.4. The molecule has 1 amide bonds. The van der Waals surface area contributed by atoms with E-state index >= 15 is 0 Å². The summed E-state index contributed by atoms with van der Waals surface area (Å²) in [6.07, 6.45) is 4.87. The fourth-order valence-corrected chi connectivity index (χ4v) is 5.04. The van der Waals surface area contributed by atoms with Gasteiger partial charge < -0.3 is 10.6 Å². The molecule has 8 nitrogen and oxygen atoms in total. The van der Waals surface area contributed by atoms with E-state index in [2.05, 4.69) is 25.2 Å². The molecule has 1 atom stereocenters. The molecule has 1 unspecified atom stereocenters. The Kier molecular flexibility index (Phi) is 8.60. The minimum atomic E-state index is -3.56. The maximum Gasteiger partial charge on any atom is 0.242 e. The lowest BCUT2D eigenvalue weighted by Gasteiger charge is -2.32. The molecule has 174 valence electrons. The molecule has 3 N–H and O–H groups in total. The molecule has 0 spiro atoms. The number of hydrogen-bond acceptors (Lipinski definition) is 6. The van der Waals surface area contributed by atoms with Crippen molar-refractivity contribution in [1.82, 2.24) is 14.6 Å². The minimum absolute atomic E-state index is 0.0112. The molecule has 1 aliphatic heterocycles. The maximum atomic E-state index is 12.4. The van der Waals surface area contributed by atoms with Gasteiger partial charge in [-0.1, -0.05) is 31.5 Å². The molecule has 1 aromatic carbocycles. The second-order valence-electron chi connectivity index (χ2n) is 8.30. The highest BCUT2D eigenvalue weighted by Gasteiger charge is 2.22. The maximum absolute atomic E-state index is 12.4. The summed E-state index contributed by atoms with van der Waals surface area (Å²) in [4.78, 5) is 18.8. The van der Waals surface area contributed by atoms with Gasteiger partial charge in [0.1, 0.15) is 10.7 Å². The minimum Gasteiger partial charge on any atom is -0.367 e. The Labute approximate surface area is 190 Å². The first-order valence-corrected chi connectivity index (χ1v) is 12.7. The molecule has 1 aliphatic rings. The summed E-state index contributed by atoms with van der Waals surface area (Å²) in [5.41, 5.74) is 0.806. The number of rotatable bonds is 10. The van der Waals surface area contributed by atoms with Gasteiger partial charge in [0.2, 0.25) is 15.9 Å². The average Bonchev–Trinajstić information content (AvgIpc) is 2.76. The van der Waals surface area contributed by atoms with E-state index in [1.165, 1.54) is 6.20 Å². The van der Waals surface area contributed by atoms with E-state index in [9.17, 15) is 13.2 Å². The van der Waals surface area contributed by atoms with Crippen LogP contribution < -0.4 is 15.4 Å². The fourth-order valence-electron chi connectivity index (χ4n) is 3.82. The van der Waals surface area contributed by atoms with Crippen LogP contribution in [-0.2, 0) is 14.8 Å². The van der Waals surface area contributed by atoms with Gasteiger partial charge in [-0.15, -0.1) is 0 Å². The molecular weight excluding hydrogens is 426 g/mol. The third kappa shape index (κ3) is 7.29. The van der Waals surface area contributed by atoms with Crippen molar-refractivity contribution in [3.05, 3.63) is 48.7 Å². The van der Waals surface area contributed by atoms with Crippen LogP contribution in [0.2, 0.25) is 0 Å². The number of amides is 1. The third-order valence-corrected chi connectivity index (χ3v) is 7.06. The topological polar surface area (TPSA) is 103 Å². The van der Waals surface area contributed by atoms with Crippen LogP contribution in [-0.4, -0.2) is 55.9 Å². The van der Waals surface area contributed by atoms with Crippen molar-refractivity contribution < 1.29 is 13.2 Å². The van der Waals surface area contributed by atoms with Gasteiger partial charge >= 0.3 is 0 Å². The summed E-state index contributed by atoms with van der Waals surface area (Å²) >= 11 is 0. The van der Waals surface area contributed by atoms with Crippen LogP contribution in [0.5, 0.6) is 0 Å². The van der Waals surface area contributed by atoms with E-state index in [1.54, 1.807) is 12.1 Å². The molecule has 3 rings (SSSR count). The highest BCUT2D eigenvalue weighted by molar-refractivity contribution is 7.89. The third-order valence-electron chi connectivity index (χ3n) is 5.49. The van der Waals surface area contributed by atoms with E-state index in [0.717, 1.165) is 44.5 Å². The molecule has 0 radical (unpaired) electrons. The van der Waals surface area contributed by atoms with Gasteiger partial charge in [0.05, 0.1) is 6.54 Å². The molecule has 0 bridgehead atoms. The summed E-state index contributed by atoms with van der Waals surface area (Å²) in [5.74, 6) is 0.647. The molecule has 32 heavy (non-hydrogen) atoms. The lowest BCUT2D eigenvalue weighted by molar-refractivity contribution is -0.117. The molecule has 1 saturated heterocycles. The number of benzene rings is 1. The molecule has 1 aromatic heterocycles. The normalized spacial score (nSPS) is 16.4. The van der Waals surface area contributed by atoms with Crippen LogP contribution in [0.4, 0.5) is 11.5 Å². The Hall–Kier alpha value is -2.49. The number of hydrogen-bond donors (Lipinski definition) is 3. The molecule has 9 heteroatoms. The summed E-state index contributed by atoms with van der Waals surface area (Å²) < 4.78 is 27.6. The Morgan fingerprint density at radius 1 is 1.16 bits per heavy atom. The fraction of sp³-hybridized carbons (Fsp3) is 0.478. The number of nitrogens with zero attached hydrogens (tertiary/aromatic N) is 2. The number of para-hydroxylation sites is 1. The van der Waals surface area contributed by atoms with Crippen molar-refractivity contribution >= 4 is 27.4 Å². The molecule has 0 saturated carbocycles. The van der Waals surface area contributed by atoms with Gasteiger partial charge in [0.15, 0.2) is 0 Å². The largest absolute Gasteiger partial charge is 0.367 e. The summed E-state index contributed by atoms with van der Waals surface area (Å²) in [6.45, 7) is 5.88. The van der Waals surface area contributed by atoms with Crippen molar-refractivity contribution in [1.29, 1.82) is 0 Å². The van der Waals surface area contributed by atoms with Gasteiger partial charge in [-0.2, -0.15) is 0 Å². The number of sulfonamides is 1. The Morgan fingerprint density at radius 3 is 2.50 bits per heavy atom. The quantitative estimate of drug-likeness (QED) is 0.505. The summed E-state index contributed by atoms with van der Waals surface area (Å²) in [6, 6.07) is 12.9. The SMILES string of the molecule is CCCC(C)NS(=O)(=O)c1ccc(NC2CCN(CC(=O)Nc3ccccc3)CC2)nc1. The van der Waals surface area contributed by atoms with Gasteiger partial charge in [-0.05, 0) is 50.5 Å². The summed E-state index contributed by atoms with van der Waals surface area (Å²) in [5, 5.41) is 6.30. The van der Waals surface area contributed by atoms with Crippen molar-refractivity contribution in [3.63, 3.8) is 0 Å². The van der Waals surface area contributed by atoms with Crippen LogP contribution in [0.25, 0.3) is 0 Å². The number of aromatic nitrogens is 1. The second kappa shape index (κ2) is 11.4. The predicted molar refractivity (Wildman–Crippen MR) is 127 cm³/mol. The number of piperidine rings is 1.